The molecule has 0 aliphatic carbocycles. The maximum Gasteiger partial charge on any atom is 0.338 e. The summed E-state index contributed by atoms with van der Waals surface area (Å²) in [6.45, 7) is 3.44. The minimum atomic E-state index is -0.961. The van der Waals surface area contributed by atoms with E-state index in [9.17, 15) is 14.4 Å². The van der Waals surface area contributed by atoms with Crippen LogP contribution in [0.15, 0.2) is 54.9 Å². The number of carbonyl (C=O) groups excluding carboxylic acids is 3. The number of rotatable bonds is 8. The smallest absolute Gasteiger partial charge is 0.338 e. The second-order valence-corrected chi connectivity index (χ2v) is 6.59. The molecule has 0 saturated carbocycles. The van der Waals surface area contributed by atoms with Gasteiger partial charge >= 0.3 is 5.97 Å². The summed E-state index contributed by atoms with van der Waals surface area (Å²) >= 11 is 0. The predicted molar refractivity (Wildman–Crippen MR) is 108 cm³/mol. The maximum atomic E-state index is 12.6. The van der Waals surface area contributed by atoms with Crippen molar-refractivity contribution in [2.24, 2.45) is 0 Å². The number of amides is 1. The van der Waals surface area contributed by atoms with Crippen LogP contribution in [0.4, 0.5) is 5.69 Å². The van der Waals surface area contributed by atoms with Crippen LogP contribution in [-0.2, 0) is 9.53 Å². The zero-order valence-electron chi connectivity index (χ0n) is 16.6. The Morgan fingerprint density at radius 1 is 1.03 bits per heavy atom. The highest BCUT2D eigenvalue weighted by atomic mass is 16.5. The van der Waals surface area contributed by atoms with E-state index in [4.69, 9.17) is 4.74 Å². The number of tetrazole rings is 1. The Balaban J connectivity index is 1.59. The van der Waals surface area contributed by atoms with Gasteiger partial charge in [0.05, 0.1) is 11.3 Å². The average Bonchev–Trinajstić information content (AvgIpc) is 3.29. The summed E-state index contributed by atoms with van der Waals surface area (Å²) in [6, 6.07) is 13.0. The van der Waals surface area contributed by atoms with Crippen LogP contribution >= 0.6 is 0 Å². The molecule has 1 N–H and O–H groups in total. The molecular formula is C21H21N5O4. The highest BCUT2D eigenvalue weighted by molar-refractivity contribution is 6.02. The van der Waals surface area contributed by atoms with Crippen LogP contribution in [-0.4, -0.2) is 44.0 Å². The minimum absolute atomic E-state index is 0.0787. The molecule has 2 aromatic carbocycles. The fourth-order valence-corrected chi connectivity index (χ4v) is 2.72. The molecule has 9 heteroatoms. The molecule has 1 amide bonds. The fraction of sp³-hybridized carbons (Fsp3) is 0.238. The van der Waals surface area contributed by atoms with Crippen molar-refractivity contribution in [2.75, 3.05) is 5.32 Å². The lowest BCUT2D eigenvalue weighted by atomic mass is 10.1. The maximum absolute atomic E-state index is 12.6. The number of hydrogen-bond donors (Lipinski definition) is 1. The van der Waals surface area contributed by atoms with Crippen LogP contribution in [0, 0.1) is 0 Å². The Morgan fingerprint density at radius 3 is 2.30 bits per heavy atom. The van der Waals surface area contributed by atoms with Gasteiger partial charge in [0.15, 0.2) is 6.10 Å². The fourth-order valence-electron chi connectivity index (χ4n) is 2.72. The molecule has 0 bridgehead atoms. The summed E-state index contributed by atoms with van der Waals surface area (Å²) in [6.07, 6.45) is 1.67. The molecule has 1 aromatic heterocycles. The number of nitrogens with one attached hydrogen (secondary N) is 1. The number of Topliss-reactive ketones (excluding diaryl/α,β-unsaturated/α-hetero) is 1. The number of benzene rings is 2. The number of ketones is 1. The highest BCUT2D eigenvalue weighted by Gasteiger charge is 2.20. The second kappa shape index (κ2) is 9.55. The number of aromatic nitrogens is 4. The van der Waals surface area contributed by atoms with Gasteiger partial charge in [0.25, 0.3) is 0 Å². The lowest BCUT2D eigenvalue weighted by molar-refractivity contribution is -0.116. The molecule has 1 heterocycles. The van der Waals surface area contributed by atoms with Gasteiger partial charge in [-0.3, -0.25) is 9.59 Å². The Labute approximate surface area is 173 Å². The Bertz CT molecular complexity index is 1010. The third-order valence-electron chi connectivity index (χ3n) is 4.30. The van der Waals surface area contributed by atoms with Crippen molar-refractivity contribution in [3.63, 3.8) is 0 Å². The molecule has 9 nitrogen and oxygen atoms in total. The first kappa shape index (κ1) is 20.8. The molecule has 154 valence electrons. The average molecular weight is 407 g/mol. The lowest BCUT2D eigenvalue weighted by Gasteiger charge is -2.13. The van der Waals surface area contributed by atoms with Crippen molar-refractivity contribution in [1.82, 2.24) is 20.2 Å². The zero-order chi connectivity index (χ0) is 21.5. The lowest BCUT2D eigenvalue weighted by Crippen LogP contribution is -2.24. The van der Waals surface area contributed by atoms with E-state index < -0.39 is 12.1 Å². The third-order valence-corrected chi connectivity index (χ3v) is 4.30. The standard InChI is InChI=1S/C21H21N5O4/c1-3-4-19(27)23-17-9-5-15(6-10-17)20(28)14(2)30-21(29)16-7-11-18(12-8-16)26-13-22-24-25-26/h5-14H,3-4H2,1-2H3,(H,23,27)/t14-/m1/s1. The largest absolute Gasteiger partial charge is 0.451 e. The quantitative estimate of drug-likeness (QED) is 0.451. The van der Waals surface area contributed by atoms with Crippen molar-refractivity contribution in [2.45, 2.75) is 32.8 Å². The molecule has 0 spiro atoms. The molecular weight excluding hydrogens is 386 g/mol. The van der Waals surface area contributed by atoms with Gasteiger partial charge in [0, 0.05) is 17.7 Å². The molecule has 0 saturated heterocycles. The minimum Gasteiger partial charge on any atom is -0.451 e. The summed E-state index contributed by atoms with van der Waals surface area (Å²) in [5.74, 6) is -1.02. The second-order valence-electron chi connectivity index (χ2n) is 6.59. The first-order chi connectivity index (χ1) is 14.5. The molecule has 3 rings (SSSR count). The monoisotopic (exact) mass is 407 g/mol. The number of esters is 1. The van der Waals surface area contributed by atoms with E-state index in [1.54, 1.807) is 48.5 Å². The predicted octanol–water partition coefficient (Wildman–Crippen LogP) is 2.83. The molecule has 0 aliphatic rings. The summed E-state index contributed by atoms with van der Waals surface area (Å²) in [5, 5.41) is 13.6. The number of anilines is 1. The molecule has 3 aromatic rings. The number of nitrogens with zero attached hydrogens (tertiary/aromatic N) is 4. The topological polar surface area (TPSA) is 116 Å². The van der Waals surface area contributed by atoms with E-state index in [1.165, 1.54) is 17.9 Å². The van der Waals surface area contributed by atoms with Gasteiger partial charge in [0.1, 0.15) is 6.33 Å². The zero-order valence-corrected chi connectivity index (χ0v) is 16.6. The van der Waals surface area contributed by atoms with Crippen molar-refractivity contribution >= 4 is 23.3 Å². The number of hydrogen-bond acceptors (Lipinski definition) is 7. The van der Waals surface area contributed by atoms with E-state index in [-0.39, 0.29) is 11.7 Å². The molecule has 0 fully saturated rings. The summed E-state index contributed by atoms with van der Waals surface area (Å²) in [4.78, 5) is 36.6. The van der Waals surface area contributed by atoms with Crippen molar-refractivity contribution in [3.8, 4) is 5.69 Å². The summed E-state index contributed by atoms with van der Waals surface area (Å²) in [5.41, 5.74) is 1.99. The summed E-state index contributed by atoms with van der Waals surface area (Å²) < 4.78 is 6.76. The van der Waals surface area contributed by atoms with E-state index in [0.29, 0.717) is 28.9 Å². The first-order valence-electron chi connectivity index (χ1n) is 9.46. The summed E-state index contributed by atoms with van der Waals surface area (Å²) in [7, 11) is 0. The van der Waals surface area contributed by atoms with Crippen LogP contribution in [0.1, 0.15) is 47.4 Å². The first-order valence-corrected chi connectivity index (χ1v) is 9.46. The van der Waals surface area contributed by atoms with Crippen molar-refractivity contribution < 1.29 is 19.1 Å². The van der Waals surface area contributed by atoms with Gasteiger partial charge in [0.2, 0.25) is 11.7 Å². The SMILES string of the molecule is CCCC(=O)Nc1ccc(C(=O)[C@@H](C)OC(=O)c2ccc(-n3cnnn3)cc2)cc1. The van der Waals surface area contributed by atoms with Crippen LogP contribution in [0.2, 0.25) is 0 Å². The van der Waals surface area contributed by atoms with Gasteiger partial charge in [-0.1, -0.05) is 6.92 Å². The van der Waals surface area contributed by atoms with E-state index in [2.05, 4.69) is 20.8 Å². The van der Waals surface area contributed by atoms with Crippen molar-refractivity contribution in [3.05, 3.63) is 66.0 Å². The highest BCUT2D eigenvalue weighted by Crippen LogP contribution is 2.15. The number of ether oxygens (including phenoxy) is 1. The Hall–Kier alpha value is -3.88. The Kier molecular flexibility index (Phi) is 6.63. The van der Waals surface area contributed by atoms with Gasteiger partial charge < -0.3 is 10.1 Å². The van der Waals surface area contributed by atoms with Crippen LogP contribution < -0.4 is 5.32 Å². The third kappa shape index (κ3) is 5.13. The van der Waals surface area contributed by atoms with Crippen LogP contribution in [0.25, 0.3) is 5.69 Å². The van der Waals surface area contributed by atoms with E-state index >= 15 is 0 Å². The number of carbonyl (C=O) groups is 3. The molecule has 0 aliphatic heterocycles. The van der Waals surface area contributed by atoms with Gasteiger partial charge in [-0.2, -0.15) is 0 Å². The van der Waals surface area contributed by atoms with Crippen LogP contribution in [0.3, 0.4) is 0 Å². The van der Waals surface area contributed by atoms with Gasteiger partial charge in [-0.05, 0) is 72.3 Å². The normalized spacial score (nSPS) is 11.5. The Morgan fingerprint density at radius 2 is 1.70 bits per heavy atom. The molecule has 30 heavy (non-hydrogen) atoms. The molecule has 1 atom stereocenters. The van der Waals surface area contributed by atoms with E-state index in [0.717, 1.165) is 6.42 Å². The van der Waals surface area contributed by atoms with Gasteiger partial charge in [-0.25, -0.2) is 9.48 Å². The van der Waals surface area contributed by atoms with E-state index in [1.807, 2.05) is 6.92 Å². The van der Waals surface area contributed by atoms with Gasteiger partial charge in [-0.15, -0.1) is 5.10 Å². The van der Waals surface area contributed by atoms with Crippen molar-refractivity contribution in [1.29, 1.82) is 0 Å². The molecule has 0 radical (unpaired) electrons. The molecule has 0 unspecified atom stereocenters. The van der Waals surface area contributed by atoms with Crippen LogP contribution in [0.5, 0.6) is 0 Å².